The van der Waals surface area contributed by atoms with Crippen LogP contribution in [0.1, 0.15) is 10.4 Å². The molecule has 0 aromatic heterocycles. The predicted octanol–water partition coefficient (Wildman–Crippen LogP) is 0.139. The summed E-state index contributed by atoms with van der Waals surface area (Å²) in [5.74, 6) is -1.21. The molecule has 0 saturated carbocycles. The molecule has 0 fully saturated rings. The molecular weight excluding hydrogens is 444 g/mol. The third-order valence-electron chi connectivity index (χ3n) is 1.76. The van der Waals surface area contributed by atoms with E-state index in [2.05, 4.69) is 17.2 Å². The maximum Gasteiger partial charge on any atom is 1.00 e. The maximum atomic E-state index is 10.6. The molecule has 0 saturated heterocycles. The van der Waals surface area contributed by atoms with Crippen LogP contribution in [0.5, 0.6) is 0 Å². The number of rotatable bonds is 4. The first kappa shape index (κ1) is 20.2. The van der Waals surface area contributed by atoms with Crippen molar-refractivity contribution >= 4 is 58.5 Å². The van der Waals surface area contributed by atoms with Crippen LogP contribution in [0.15, 0.2) is 36.9 Å². The van der Waals surface area contributed by atoms with E-state index >= 15 is 0 Å². The molecule has 0 aliphatic carbocycles. The summed E-state index contributed by atoms with van der Waals surface area (Å²) < 4.78 is 0. The SMILES string of the molecule is C=CCNC(=S)Nc1cccc(C(=O)[O-])c1.[Au+].[Na]. The number of thiocarbonyl (C=S) groups is 1. The van der Waals surface area contributed by atoms with E-state index in [1.54, 1.807) is 18.2 Å². The number of carbonyl (C=O) groups excluding carboxylic acids is 1. The monoisotopic (exact) mass is 455 g/mol. The number of nitrogens with one attached hydrogen (secondary N) is 2. The number of aromatic carboxylic acids is 1. The second-order valence-corrected chi connectivity index (χ2v) is 3.40. The quantitative estimate of drug-likeness (QED) is 0.385. The van der Waals surface area contributed by atoms with E-state index in [0.29, 0.717) is 17.3 Å². The summed E-state index contributed by atoms with van der Waals surface area (Å²) in [5.41, 5.74) is 0.708. The van der Waals surface area contributed by atoms with Crippen molar-refractivity contribution in [3.05, 3.63) is 42.5 Å². The van der Waals surface area contributed by atoms with Crippen molar-refractivity contribution in [3.8, 4) is 0 Å². The van der Waals surface area contributed by atoms with Crippen molar-refractivity contribution in [3.63, 3.8) is 0 Å². The first-order valence-corrected chi connectivity index (χ1v) is 5.01. The minimum atomic E-state index is -1.21. The second kappa shape index (κ2) is 10.8. The molecule has 0 aliphatic rings. The third-order valence-corrected chi connectivity index (χ3v) is 2.01. The van der Waals surface area contributed by atoms with Crippen LogP contribution in [0.25, 0.3) is 0 Å². The van der Waals surface area contributed by atoms with Gasteiger partial charge in [0.05, 0.1) is 5.97 Å². The number of anilines is 1. The van der Waals surface area contributed by atoms with E-state index in [0.717, 1.165) is 0 Å². The minimum absolute atomic E-state index is 0. The van der Waals surface area contributed by atoms with Gasteiger partial charge in [-0.25, -0.2) is 0 Å². The molecule has 1 rings (SSSR count). The van der Waals surface area contributed by atoms with Gasteiger partial charge < -0.3 is 20.5 Å². The van der Waals surface area contributed by atoms with Gasteiger partial charge in [-0.1, -0.05) is 18.2 Å². The van der Waals surface area contributed by atoms with Gasteiger partial charge in [0.25, 0.3) is 0 Å². The fourth-order valence-electron chi connectivity index (χ4n) is 1.06. The molecule has 2 N–H and O–H groups in total. The van der Waals surface area contributed by atoms with E-state index in [9.17, 15) is 9.90 Å². The Kier molecular flexibility index (Phi) is 12.1. The summed E-state index contributed by atoms with van der Waals surface area (Å²) in [5, 5.41) is 16.7. The molecule has 0 spiro atoms. The zero-order valence-corrected chi connectivity index (χ0v) is 14.8. The molecule has 18 heavy (non-hydrogen) atoms. The van der Waals surface area contributed by atoms with Crippen molar-refractivity contribution in [2.24, 2.45) is 0 Å². The molecule has 0 heterocycles. The number of hydrogen-bond acceptors (Lipinski definition) is 3. The largest absolute Gasteiger partial charge is 1.00 e. The molecule has 0 aliphatic heterocycles. The van der Waals surface area contributed by atoms with Crippen molar-refractivity contribution in [2.75, 3.05) is 11.9 Å². The average Bonchev–Trinajstić information content (AvgIpc) is 2.26. The molecule has 4 nitrogen and oxygen atoms in total. The fourth-order valence-corrected chi connectivity index (χ4v) is 1.27. The molecule has 95 valence electrons. The molecule has 0 amide bonds. The third kappa shape index (κ3) is 7.33. The van der Waals surface area contributed by atoms with Gasteiger partial charge in [0.1, 0.15) is 0 Å². The summed E-state index contributed by atoms with van der Waals surface area (Å²) in [6, 6.07) is 6.25. The van der Waals surface area contributed by atoms with Gasteiger partial charge in [-0.3, -0.25) is 0 Å². The van der Waals surface area contributed by atoms with Gasteiger partial charge in [-0.2, -0.15) is 0 Å². The standard InChI is InChI=1S/C11H12N2O2S.Au.Na/c1-2-6-12-11(16)13-9-5-3-4-8(7-9)10(14)15;;/h2-5,7H,1,6H2,(H,14,15)(H2,12,13,16);;/q;+1;/p-1. The van der Waals surface area contributed by atoms with Gasteiger partial charge in [0, 0.05) is 41.8 Å². The van der Waals surface area contributed by atoms with Gasteiger partial charge in [0.2, 0.25) is 0 Å². The van der Waals surface area contributed by atoms with E-state index in [4.69, 9.17) is 12.2 Å². The Morgan fingerprint density at radius 1 is 1.50 bits per heavy atom. The van der Waals surface area contributed by atoms with Crippen LogP contribution in [0.4, 0.5) is 5.69 Å². The summed E-state index contributed by atoms with van der Waals surface area (Å²) >= 11 is 4.98. The molecule has 7 heteroatoms. The predicted molar refractivity (Wildman–Crippen MR) is 70.9 cm³/mol. The van der Waals surface area contributed by atoms with Crippen LogP contribution in [-0.2, 0) is 22.4 Å². The first-order valence-electron chi connectivity index (χ1n) is 4.60. The Bertz CT molecular complexity index is 429. The van der Waals surface area contributed by atoms with Crippen LogP contribution >= 0.6 is 12.2 Å². The normalized spacial score (nSPS) is 8.22. The Balaban J connectivity index is 0. The molecule has 1 aromatic carbocycles. The number of benzene rings is 1. The van der Waals surface area contributed by atoms with Gasteiger partial charge in [0.15, 0.2) is 5.11 Å². The Hall–Kier alpha value is -0.140. The molecular formula is C11H11AuN2NaO2S. The summed E-state index contributed by atoms with van der Waals surface area (Å²) in [6.07, 6.45) is 1.67. The zero-order valence-electron chi connectivity index (χ0n) is 9.83. The number of carbonyl (C=O) groups is 1. The molecule has 1 aromatic rings. The van der Waals surface area contributed by atoms with E-state index in [1.165, 1.54) is 12.1 Å². The Labute approximate surface area is 149 Å². The first-order chi connectivity index (χ1) is 7.63. The molecule has 0 unspecified atom stereocenters. The van der Waals surface area contributed by atoms with Crippen molar-refractivity contribution in [1.82, 2.24) is 5.32 Å². The van der Waals surface area contributed by atoms with Gasteiger partial charge >= 0.3 is 22.4 Å². The van der Waals surface area contributed by atoms with Crippen molar-refractivity contribution in [2.45, 2.75) is 0 Å². The number of hydrogen-bond donors (Lipinski definition) is 2. The fraction of sp³-hybridized carbons (Fsp3) is 0.0909. The van der Waals surface area contributed by atoms with Crippen LogP contribution in [0, 0.1) is 0 Å². The zero-order chi connectivity index (χ0) is 12.0. The smallest absolute Gasteiger partial charge is 0.545 e. The van der Waals surface area contributed by atoms with Gasteiger partial charge in [-0.15, -0.1) is 6.58 Å². The van der Waals surface area contributed by atoms with E-state index in [1.807, 2.05) is 0 Å². The van der Waals surface area contributed by atoms with Crippen LogP contribution in [-0.4, -0.2) is 47.2 Å². The van der Waals surface area contributed by atoms with E-state index < -0.39 is 5.97 Å². The molecule has 1 radical (unpaired) electrons. The molecule has 0 bridgehead atoms. The number of carboxylic acids is 1. The van der Waals surface area contributed by atoms with Crippen LogP contribution in [0.2, 0.25) is 0 Å². The molecule has 0 atom stereocenters. The van der Waals surface area contributed by atoms with Crippen LogP contribution in [0.3, 0.4) is 0 Å². The van der Waals surface area contributed by atoms with Crippen LogP contribution < -0.4 is 15.7 Å². The second-order valence-electron chi connectivity index (χ2n) is 2.99. The maximum absolute atomic E-state index is 10.6. The Morgan fingerprint density at radius 3 is 2.72 bits per heavy atom. The van der Waals surface area contributed by atoms with Crippen molar-refractivity contribution in [1.29, 1.82) is 0 Å². The van der Waals surface area contributed by atoms with E-state index in [-0.39, 0.29) is 57.5 Å². The summed E-state index contributed by atoms with van der Waals surface area (Å²) in [6.45, 7) is 4.09. The van der Waals surface area contributed by atoms with Gasteiger partial charge in [-0.05, 0) is 29.9 Å². The summed E-state index contributed by atoms with van der Waals surface area (Å²) in [4.78, 5) is 10.6. The minimum Gasteiger partial charge on any atom is -0.545 e. The van der Waals surface area contributed by atoms with Crippen molar-refractivity contribution < 1.29 is 32.3 Å². The Morgan fingerprint density at radius 2 is 2.17 bits per heavy atom. The average molecular weight is 455 g/mol. The topological polar surface area (TPSA) is 64.2 Å². The number of carboxylic acid groups (broad SMARTS) is 1. The summed E-state index contributed by atoms with van der Waals surface area (Å²) in [7, 11) is 0.